The summed E-state index contributed by atoms with van der Waals surface area (Å²) < 4.78 is 5.35. The first-order chi connectivity index (χ1) is 7.68. The van der Waals surface area contributed by atoms with Crippen molar-refractivity contribution in [2.24, 2.45) is 11.7 Å². The minimum Gasteiger partial charge on any atom is -0.383 e. The highest BCUT2D eigenvalue weighted by Gasteiger charge is 2.33. The van der Waals surface area contributed by atoms with Gasteiger partial charge in [-0.15, -0.1) is 0 Å². The lowest BCUT2D eigenvalue weighted by atomic mass is 9.93. The van der Waals surface area contributed by atoms with Crippen LogP contribution in [0.3, 0.4) is 0 Å². The van der Waals surface area contributed by atoms with Gasteiger partial charge in [0.2, 0.25) is 0 Å². The molecule has 1 saturated carbocycles. The zero-order valence-corrected chi connectivity index (χ0v) is 11.2. The Kier molecular flexibility index (Phi) is 5.73. The van der Waals surface area contributed by atoms with Crippen LogP contribution in [0.25, 0.3) is 0 Å². The van der Waals surface area contributed by atoms with E-state index in [9.17, 15) is 0 Å². The molecule has 0 radical (unpaired) electrons. The quantitative estimate of drug-likeness (QED) is 0.723. The van der Waals surface area contributed by atoms with E-state index in [1.807, 2.05) is 0 Å². The average molecular weight is 228 g/mol. The predicted molar refractivity (Wildman–Crippen MR) is 68.5 cm³/mol. The van der Waals surface area contributed by atoms with E-state index in [1.165, 1.54) is 32.2 Å². The van der Waals surface area contributed by atoms with E-state index in [0.29, 0.717) is 6.54 Å². The van der Waals surface area contributed by atoms with Crippen LogP contribution in [0.4, 0.5) is 0 Å². The second kappa shape index (κ2) is 6.58. The van der Waals surface area contributed by atoms with Gasteiger partial charge in [-0.05, 0) is 32.2 Å². The van der Waals surface area contributed by atoms with Crippen molar-refractivity contribution in [1.29, 1.82) is 0 Å². The smallest absolute Gasteiger partial charge is 0.0658 e. The van der Waals surface area contributed by atoms with Crippen LogP contribution in [0.15, 0.2) is 0 Å². The van der Waals surface area contributed by atoms with Crippen LogP contribution in [0.2, 0.25) is 0 Å². The lowest BCUT2D eigenvalue weighted by molar-refractivity contribution is 0.0199. The number of hydrogen-bond acceptors (Lipinski definition) is 3. The maximum absolute atomic E-state index is 5.96. The number of likely N-dealkylation sites (N-methyl/N-ethyl adjacent to an activating group) is 1. The normalized spacial score (nSPS) is 21.6. The summed E-state index contributed by atoms with van der Waals surface area (Å²) in [5.74, 6) is 0.874. The Morgan fingerprint density at radius 1 is 1.38 bits per heavy atom. The summed E-state index contributed by atoms with van der Waals surface area (Å²) in [6, 6.07) is 0. The molecule has 3 nitrogen and oxygen atoms in total. The minimum atomic E-state index is 0.0390. The predicted octanol–water partition coefficient (Wildman–Crippen LogP) is 1.86. The summed E-state index contributed by atoms with van der Waals surface area (Å²) in [5.41, 5.74) is 6.00. The van der Waals surface area contributed by atoms with Gasteiger partial charge in [-0.3, -0.25) is 4.90 Å². The average Bonchev–Trinajstić information content (AvgIpc) is 2.78. The van der Waals surface area contributed by atoms with Crippen LogP contribution in [0.5, 0.6) is 0 Å². The van der Waals surface area contributed by atoms with Crippen molar-refractivity contribution >= 4 is 0 Å². The first kappa shape index (κ1) is 13.9. The van der Waals surface area contributed by atoms with Gasteiger partial charge >= 0.3 is 0 Å². The molecule has 96 valence electrons. The fourth-order valence-electron chi connectivity index (χ4n) is 2.88. The summed E-state index contributed by atoms with van der Waals surface area (Å²) in [7, 11) is 3.97. The van der Waals surface area contributed by atoms with Gasteiger partial charge in [0.15, 0.2) is 0 Å². The molecule has 0 bridgehead atoms. The molecule has 0 aliphatic heterocycles. The van der Waals surface area contributed by atoms with Gasteiger partial charge < -0.3 is 10.5 Å². The van der Waals surface area contributed by atoms with Crippen molar-refractivity contribution in [1.82, 2.24) is 4.90 Å². The maximum atomic E-state index is 5.96. The maximum Gasteiger partial charge on any atom is 0.0658 e. The third kappa shape index (κ3) is 3.19. The van der Waals surface area contributed by atoms with Crippen molar-refractivity contribution < 1.29 is 4.74 Å². The van der Waals surface area contributed by atoms with Crippen LogP contribution in [-0.4, -0.2) is 44.3 Å². The van der Waals surface area contributed by atoms with Crippen LogP contribution >= 0.6 is 0 Å². The lowest BCUT2D eigenvalue weighted by Gasteiger charge is -2.41. The molecule has 0 aromatic rings. The Balaban J connectivity index is 2.54. The monoisotopic (exact) mass is 228 g/mol. The summed E-state index contributed by atoms with van der Waals surface area (Å²) >= 11 is 0. The molecule has 0 aromatic heterocycles. The van der Waals surface area contributed by atoms with E-state index in [-0.39, 0.29) is 5.54 Å². The van der Waals surface area contributed by atoms with Gasteiger partial charge in [0.05, 0.1) is 12.1 Å². The zero-order chi connectivity index (χ0) is 12.0. The molecule has 0 saturated heterocycles. The van der Waals surface area contributed by atoms with Gasteiger partial charge in [-0.25, -0.2) is 0 Å². The molecule has 1 fully saturated rings. The first-order valence-electron chi connectivity index (χ1n) is 6.58. The molecule has 0 aromatic carbocycles. The van der Waals surface area contributed by atoms with Crippen LogP contribution in [-0.2, 0) is 4.74 Å². The highest BCUT2D eigenvalue weighted by Crippen LogP contribution is 2.28. The van der Waals surface area contributed by atoms with E-state index < -0.39 is 0 Å². The number of rotatable bonds is 7. The van der Waals surface area contributed by atoms with Crippen molar-refractivity contribution in [2.75, 3.05) is 33.9 Å². The zero-order valence-electron chi connectivity index (χ0n) is 11.2. The molecule has 2 N–H and O–H groups in total. The molecule has 0 spiro atoms. The summed E-state index contributed by atoms with van der Waals surface area (Å²) in [4.78, 5) is 2.44. The van der Waals surface area contributed by atoms with Gasteiger partial charge in [-0.1, -0.05) is 19.8 Å². The van der Waals surface area contributed by atoms with Gasteiger partial charge in [0, 0.05) is 20.2 Å². The van der Waals surface area contributed by atoms with Crippen LogP contribution in [0.1, 0.15) is 39.0 Å². The topological polar surface area (TPSA) is 38.5 Å². The van der Waals surface area contributed by atoms with Crippen molar-refractivity contribution in [3.05, 3.63) is 0 Å². The number of methoxy groups -OCH3 is 1. The molecule has 0 amide bonds. The minimum absolute atomic E-state index is 0.0390. The van der Waals surface area contributed by atoms with E-state index in [4.69, 9.17) is 10.5 Å². The SMILES string of the molecule is CCC(CN)(COC)N(C)CC1CCCC1. The summed E-state index contributed by atoms with van der Waals surface area (Å²) in [6.45, 7) is 4.80. The van der Waals surface area contributed by atoms with Gasteiger partial charge in [-0.2, -0.15) is 0 Å². The number of ether oxygens (including phenoxy) is 1. The Hall–Kier alpha value is -0.120. The van der Waals surface area contributed by atoms with Gasteiger partial charge in [0.25, 0.3) is 0 Å². The second-order valence-corrected chi connectivity index (χ2v) is 5.25. The van der Waals surface area contributed by atoms with E-state index in [1.54, 1.807) is 7.11 Å². The highest BCUT2D eigenvalue weighted by molar-refractivity contribution is 4.90. The first-order valence-corrected chi connectivity index (χ1v) is 6.58. The number of nitrogens with two attached hydrogens (primary N) is 1. The highest BCUT2D eigenvalue weighted by atomic mass is 16.5. The molecule has 1 aliphatic carbocycles. The molecule has 1 unspecified atom stereocenters. The van der Waals surface area contributed by atoms with Crippen LogP contribution < -0.4 is 5.73 Å². The fraction of sp³-hybridized carbons (Fsp3) is 1.00. The molecule has 1 atom stereocenters. The fourth-order valence-corrected chi connectivity index (χ4v) is 2.88. The Morgan fingerprint density at radius 2 is 2.00 bits per heavy atom. The lowest BCUT2D eigenvalue weighted by Crippen LogP contribution is -2.56. The molecule has 1 aliphatic rings. The van der Waals surface area contributed by atoms with E-state index in [2.05, 4.69) is 18.9 Å². The van der Waals surface area contributed by atoms with E-state index >= 15 is 0 Å². The molecular weight excluding hydrogens is 200 g/mol. The third-order valence-electron chi connectivity index (χ3n) is 4.27. The molecule has 16 heavy (non-hydrogen) atoms. The van der Waals surface area contributed by atoms with Crippen LogP contribution in [0, 0.1) is 5.92 Å². The third-order valence-corrected chi connectivity index (χ3v) is 4.27. The standard InChI is InChI=1S/C13H28N2O/c1-4-13(10-14,11-16-3)15(2)9-12-7-5-6-8-12/h12H,4-11,14H2,1-3H3. The number of nitrogens with zero attached hydrogens (tertiary/aromatic N) is 1. The molecule has 3 heteroatoms. The Morgan fingerprint density at radius 3 is 2.44 bits per heavy atom. The van der Waals surface area contributed by atoms with Crippen molar-refractivity contribution in [2.45, 2.75) is 44.6 Å². The molecule has 1 rings (SSSR count). The summed E-state index contributed by atoms with van der Waals surface area (Å²) in [5, 5.41) is 0. The van der Waals surface area contributed by atoms with E-state index in [0.717, 1.165) is 18.9 Å². The number of hydrogen-bond donors (Lipinski definition) is 1. The van der Waals surface area contributed by atoms with Crippen molar-refractivity contribution in [3.63, 3.8) is 0 Å². The molecular formula is C13H28N2O. The van der Waals surface area contributed by atoms with Gasteiger partial charge in [0.1, 0.15) is 0 Å². The van der Waals surface area contributed by atoms with Crippen molar-refractivity contribution in [3.8, 4) is 0 Å². The largest absolute Gasteiger partial charge is 0.383 e. The molecule has 0 heterocycles. The Labute approximate surface area is 100 Å². The Bertz CT molecular complexity index is 186. The second-order valence-electron chi connectivity index (χ2n) is 5.25. The summed E-state index contributed by atoms with van der Waals surface area (Å²) in [6.07, 6.45) is 6.65.